The molecule has 0 saturated heterocycles. The highest BCUT2D eigenvalue weighted by Gasteiger charge is 1.90. The van der Waals surface area contributed by atoms with Gasteiger partial charge in [0.05, 0.1) is 6.61 Å². The van der Waals surface area contributed by atoms with E-state index in [1.54, 1.807) is 13.0 Å². The van der Waals surface area contributed by atoms with Crippen LogP contribution in [0.5, 0.6) is 0 Å². The highest BCUT2D eigenvalue weighted by atomic mass is 16.5. The maximum absolute atomic E-state index is 10.9. The number of aliphatic hydroxyl groups excluding tert-OH is 1. The number of esters is 1. The van der Waals surface area contributed by atoms with Crippen LogP contribution in [0.2, 0.25) is 0 Å². The van der Waals surface area contributed by atoms with Gasteiger partial charge in [-0.15, -0.1) is 0 Å². The number of aliphatic hydroxyl groups is 1. The second-order valence-corrected chi connectivity index (χ2v) is 3.82. The van der Waals surface area contributed by atoms with Crippen molar-refractivity contribution < 1.29 is 14.6 Å². The zero-order valence-corrected chi connectivity index (χ0v) is 10.7. The van der Waals surface area contributed by atoms with Crippen LogP contribution in [-0.4, -0.2) is 24.3 Å². The average molecular weight is 240 g/mol. The quantitative estimate of drug-likeness (QED) is 0.276. The van der Waals surface area contributed by atoms with E-state index in [0.717, 1.165) is 25.7 Å². The Morgan fingerprint density at radius 2 is 1.82 bits per heavy atom. The molecule has 0 heterocycles. The number of carbonyl (C=O) groups excluding carboxylic acids is 1. The Kier molecular flexibility index (Phi) is 12.1. The Bertz CT molecular complexity index is 232. The van der Waals surface area contributed by atoms with Crippen LogP contribution in [0.1, 0.15) is 45.4 Å². The Labute approximate surface area is 104 Å². The second-order valence-electron chi connectivity index (χ2n) is 3.82. The first-order chi connectivity index (χ1) is 8.31. The van der Waals surface area contributed by atoms with Gasteiger partial charge in [-0.2, -0.15) is 0 Å². The molecule has 0 aromatic carbocycles. The molecular weight excluding hydrogens is 216 g/mol. The molecule has 3 nitrogen and oxygen atoms in total. The summed E-state index contributed by atoms with van der Waals surface area (Å²) in [4.78, 5) is 10.9. The molecule has 0 radical (unpaired) electrons. The SMILES string of the molecule is CCOC(=O)C=CC=CCCCCCCCO. The molecule has 0 aromatic rings. The van der Waals surface area contributed by atoms with Crippen molar-refractivity contribution in [2.75, 3.05) is 13.2 Å². The van der Waals surface area contributed by atoms with Crippen LogP contribution < -0.4 is 0 Å². The Balaban J connectivity index is 3.33. The third-order valence-electron chi connectivity index (χ3n) is 2.30. The highest BCUT2D eigenvalue weighted by Crippen LogP contribution is 2.05. The fourth-order valence-corrected chi connectivity index (χ4v) is 1.40. The lowest BCUT2D eigenvalue weighted by atomic mass is 10.1. The maximum atomic E-state index is 10.9. The Morgan fingerprint density at radius 3 is 2.53 bits per heavy atom. The number of allylic oxidation sites excluding steroid dienone is 3. The molecule has 0 rings (SSSR count). The topological polar surface area (TPSA) is 46.5 Å². The van der Waals surface area contributed by atoms with Gasteiger partial charge in [0.15, 0.2) is 0 Å². The van der Waals surface area contributed by atoms with Gasteiger partial charge >= 0.3 is 5.97 Å². The zero-order chi connectivity index (χ0) is 12.8. The highest BCUT2D eigenvalue weighted by molar-refractivity contribution is 5.82. The molecule has 1 N–H and O–H groups in total. The number of unbranched alkanes of at least 4 members (excludes halogenated alkanes) is 5. The van der Waals surface area contributed by atoms with Gasteiger partial charge in [0.2, 0.25) is 0 Å². The standard InChI is InChI=1S/C14H24O3/c1-2-17-14(16)12-10-8-6-4-3-5-7-9-11-13-15/h6,8,10,12,15H,2-5,7,9,11,13H2,1H3. The van der Waals surface area contributed by atoms with E-state index in [1.165, 1.54) is 18.9 Å². The first-order valence-electron chi connectivity index (χ1n) is 6.42. The normalized spacial score (nSPS) is 11.4. The van der Waals surface area contributed by atoms with Gasteiger partial charge in [0.1, 0.15) is 0 Å². The smallest absolute Gasteiger partial charge is 0.330 e. The fraction of sp³-hybridized carbons (Fsp3) is 0.643. The predicted molar refractivity (Wildman–Crippen MR) is 69.7 cm³/mol. The van der Waals surface area contributed by atoms with E-state index >= 15 is 0 Å². The van der Waals surface area contributed by atoms with Crippen molar-refractivity contribution >= 4 is 5.97 Å². The minimum absolute atomic E-state index is 0.291. The summed E-state index contributed by atoms with van der Waals surface area (Å²) in [6.45, 7) is 2.51. The number of hydrogen-bond donors (Lipinski definition) is 1. The molecule has 3 heteroatoms. The number of carbonyl (C=O) groups is 1. The molecule has 0 saturated carbocycles. The van der Waals surface area contributed by atoms with Gasteiger partial charge in [-0.25, -0.2) is 4.79 Å². The molecule has 0 amide bonds. The van der Waals surface area contributed by atoms with Crippen LogP contribution >= 0.6 is 0 Å². The van der Waals surface area contributed by atoms with E-state index < -0.39 is 0 Å². The predicted octanol–water partition coefficient (Wildman–Crippen LogP) is 2.99. The lowest BCUT2D eigenvalue weighted by molar-refractivity contribution is -0.137. The van der Waals surface area contributed by atoms with Crippen LogP contribution in [0.25, 0.3) is 0 Å². The lowest BCUT2D eigenvalue weighted by Gasteiger charge is -1.96. The van der Waals surface area contributed by atoms with Crippen molar-refractivity contribution in [2.24, 2.45) is 0 Å². The van der Waals surface area contributed by atoms with Gasteiger partial charge in [-0.3, -0.25) is 0 Å². The fourth-order valence-electron chi connectivity index (χ4n) is 1.40. The van der Waals surface area contributed by atoms with Crippen molar-refractivity contribution in [1.29, 1.82) is 0 Å². The zero-order valence-electron chi connectivity index (χ0n) is 10.7. The summed E-state index contributed by atoms with van der Waals surface area (Å²) in [6, 6.07) is 0. The molecule has 17 heavy (non-hydrogen) atoms. The van der Waals surface area contributed by atoms with Gasteiger partial charge in [-0.05, 0) is 26.2 Å². The van der Waals surface area contributed by atoms with E-state index in [-0.39, 0.29) is 5.97 Å². The summed E-state index contributed by atoms with van der Waals surface area (Å²) in [6.07, 6.45) is 13.7. The van der Waals surface area contributed by atoms with E-state index in [4.69, 9.17) is 9.84 Å². The van der Waals surface area contributed by atoms with E-state index in [0.29, 0.717) is 13.2 Å². The van der Waals surface area contributed by atoms with Crippen LogP contribution in [0, 0.1) is 0 Å². The van der Waals surface area contributed by atoms with Crippen molar-refractivity contribution in [3.8, 4) is 0 Å². The van der Waals surface area contributed by atoms with Crippen LogP contribution in [0.3, 0.4) is 0 Å². The number of rotatable bonds is 10. The first kappa shape index (κ1) is 15.9. The Hall–Kier alpha value is -1.09. The molecule has 98 valence electrons. The van der Waals surface area contributed by atoms with Crippen molar-refractivity contribution in [3.05, 3.63) is 24.3 Å². The number of hydrogen-bond acceptors (Lipinski definition) is 3. The monoisotopic (exact) mass is 240 g/mol. The summed E-state index contributed by atoms with van der Waals surface area (Å²) >= 11 is 0. The summed E-state index contributed by atoms with van der Waals surface area (Å²) in [7, 11) is 0. The molecule has 0 aromatic heterocycles. The molecule has 0 bridgehead atoms. The summed E-state index contributed by atoms with van der Waals surface area (Å²) in [5.74, 6) is -0.291. The number of ether oxygens (including phenoxy) is 1. The third-order valence-corrected chi connectivity index (χ3v) is 2.30. The largest absolute Gasteiger partial charge is 0.463 e. The summed E-state index contributed by atoms with van der Waals surface area (Å²) in [5.41, 5.74) is 0. The van der Waals surface area contributed by atoms with E-state index in [1.807, 2.05) is 6.08 Å². The van der Waals surface area contributed by atoms with Gasteiger partial charge in [0.25, 0.3) is 0 Å². The van der Waals surface area contributed by atoms with Crippen molar-refractivity contribution in [2.45, 2.75) is 45.4 Å². The van der Waals surface area contributed by atoms with Gasteiger partial charge < -0.3 is 9.84 Å². The van der Waals surface area contributed by atoms with Crippen LogP contribution in [0.4, 0.5) is 0 Å². The van der Waals surface area contributed by atoms with Crippen LogP contribution in [-0.2, 0) is 9.53 Å². The van der Waals surface area contributed by atoms with E-state index in [9.17, 15) is 4.79 Å². The minimum Gasteiger partial charge on any atom is -0.463 e. The minimum atomic E-state index is -0.291. The molecule has 0 aliphatic heterocycles. The maximum Gasteiger partial charge on any atom is 0.330 e. The molecule has 0 unspecified atom stereocenters. The average Bonchev–Trinajstić information content (AvgIpc) is 2.32. The summed E-state index contributed by atoms with van der Waals surface area (Å²) < 4.78 is 4.74. The van der Waals surface area contributed by atoms with Crippen LogP contribution in [0.15, 0.2) is 24.3 Å². The summed E-state index contributed by atoms with van der Waals surface area (Å²) in [5, 5.41) is 8.59. The van der Waals surface area contributed by atoms with Gasteiger partial charge in [-0.1, -0.05) is 37.5 Å². The van der Waals surface area contributed by atoms with Crippen molar-refractivity contribution in [3.63, 3.8) is 0 Å². The van der Waals surface area contributed by atoms with Gasteiger partial charge in [0, 0.05) is 12.7 Å². The first-order valence-corrected chi connectivity index (χ1v) is 6.42. The molecule has 0 aliphatic carbocycles. The second kappa shape index (κ2) is 13.0. The van der Waals surface area contributed by atoms with Crippen molar-refractivity contribution in [1.82, 2.24) is 0 Å². The molecule has 0 aliphatic rings. The molecule has 0 spiro atoms. The Morgan fingerprint density at radius 1 is 1.12 bits per heavy atom. The molecule has 0 atom stereocenters. The molecule has 0 fully saturated rings. The third kappa shape index (κ3) is 12.8. The molecular formula is C14H24O3. The van der Waals surface area contributed by atoms with E-state index in [2.05, 4.69) is 6.08 Å². The lowest BCUT2D eigenvalue weighted by Crippen LogP contribution is -1.98.